The molecule has 4 bridgehead atoms. The molecule has 0 radical (unpaired) electrons. The van der Waals surface area contributed by atoms with Crippen molar-refractivity contribution in [2.24, 2.45) is 17.8 Å². The molecule has 4 saturated carbocycles. The van der Waals surface area contributed by atoms with Crippen LogP contribution in [0.1, 0.15) is 38.5 Å². The maximum atomic E-state index is 14.0. The first kappa shape index (κ1) is 21.3. The summed E-state index contributed by atoms with van der Waals surface area (Å²) in [6.07, 6.45) is 7.25. The van der Waals surface area contributed by atoms with E-state index in [9.17, 15) is 22.0 Å². The zero-order valence-corrected chi connectivity index (χ0v) is 18.3. The Morgan fingerprint density at radius 1 is 1.00 bits per heavy atom. The van der Waals surface area contributed by atoms with Crippen molar-refractivity contribution in [1.29, 1.82) is 0 Å². The van der Waals surface area contributed by atoms with Gasteiger partial charge in [-0.05, 0) is 68.4 Å². The van der Waals surface area contributed by atoms with E-state index in [1.54, 1.807) is 0 Å². The van der Waals surface area contributed by atoms with Crippen LogP contribution in [-0.2, 0) is 14.8 Å². The summed E-state index contributed by atoms with van der Waals surface area (Å²) in [7, 11) is -4.03. The van der Waals surface area contributed by atoms with Crippen LogP contribution >= 0.6 is 0 Å². The van der Waals surface area contributed by atoms with Crippen LogP contribution < -0.4 is 5.32 Å². The lowest BCUT2D eigenvalue weighted by Gasteiger charge is -2.57. The van der Waals surface area contributed by atoms with Crippen molar-refractivity contribution in [2.75, 3.05) is 32.7 Å². The molecule has 0 aromatic heterocycles. The van der Waals surface area contributed by atoms with E-state index in [1.165, 1.54) is 23.6 Å². The number of piperazine rings is 1. The van der Waals surface area contributed by atoms with E-state index in [0.29, 0.717) is 19.2 Å². The molecule has 1 saturated heterocycles. The number of carbonyl (C=O) groups is 1. The molecule has 1 aromatic carbocycles. The lowest BCUT2D eigenvalue weighted by molar-refractivity contribution is -0.128. The van der Waals surface area contributed by atoms with Crippen LogP contribution in [0, 0.1) is 29.4 Å². The van der Waals surface area contributed by atoms with Crippen molar-refractivity contribution in [3.8, 4) is 0 Å². The summed E-state index contributed by atoms with van der Waals surface area (Å²) < 4.78 is 53.8. The molecule has 31 heavy (non-hydrogen) atoms. The summed E-state index contributed by atoms with van der Waals surface area (Å²) in [5, 5.41) is 3.35. The van der Waals surface area contributed by atoms with Gasteiger partial charge in [0.25, 0.3) is 0 Å². The standard InChI is InChI=1S/C22H29F2N3O3S/c23-18-1-2-20(19(24)10-18)31(29,30)27-5-3-26(4-6-27)14-21(28)25-22-11-15-7-16(12-22)9-17(8-15)13-22/h1-2,10,15-17H,3-9,11-14H2,(H,25,28). The Morgan fingerprint density at radius 2 is 1.58 bits per heavy atom. The van der Waals surface area contributed by atoms with E-state index < -0.39 is 26.6 Å². The minimum atomic E-state index is -4.03. The van der Waals surface area contributed by atoms with Crippen LogP contribution in [-0.4, -0.2) is 61.8 Å². The van der Waals surface area contributed by atoms with Crippen molar-refractivity contribution < 1.29 is 22.0 Å². The minimum absolute atomic E-state index is 0.0165. The van der Waals surface area contributed by atoms with E-state index in [4.69, 9.17) is 0 Å². The normalized spacial score (nSPS) is 33.5. The van der Waals surface area contributed by atoms with Crippen LogP contribution in [0.15, 0.2) is 23.1 Å². The van der Waals surface area contributed by atoms with Crippen LogP contribution in [0.4, 0.5) is 8.78 Å². The number of nitrogens with one attached hydrogen (secondary N) is 1. The molecule has 0 atom stereocenters. The number of rotatable bonds is 5. The Morgan fingerprint density at radius 3 is 2.13 bits per heavy atom. The van der Waals surface area contributed by atoms with Crippen molar-refractivity contribution in [3.63, 3.8) is 0 Å². The van der Waals surface area contributed by atoms with Gasteiger partial charge in [-0.25, -0.2) is 17.2 Å². The Hall–Kier alpha value is -1.58. The van der Waals surface area contributed by atoms with Gasteiger partial charge in [0.2, 0.25) is 15.9 Å². The lowest BCUT2D eigenvalue weighted by atomic mass is 9.53. The van der Waals surface area contributed by atoms with Crippen LogP contribution in [0.3, 0.4) is 0 Å². The van der Waals surface area contributed by atoms with Crippen molar-refractivity contribution in [3.05, 3.63) is 29.8 Å². The molecule has 9 heteroatoms. The van der Waals surface area contributed by atoms with Gasteiger partial charge in [0, 0.05) is 37.8 Å². The van der Waals surface area contributed by atoms with Gasteiger partial charge in [0.05, 0.1) is 6.54 Å². The fourth-order valence-electron chi connectivity index (χ4n) is 6.75. The summed E-state index contributed by atoms with van der Waals surface area (Å²) in [4.78, 5) is 14.2. The first-order valence-corrected chi connectivity index (χ1v) is 12.6. The van der Waals surface area contributed by atoms with Crippen molar-refractivity contribution >= 4 is 15.9 Å². The van der Waals surface area contributed by atoms with Gasteiger partial charge < -0.3 is 5.32 Å². The van der Waals surface area contributed by atoms with Crippen molar-refractivity contribution in [2.45, 2.75) is 49.0 Å². The summed E-state index contributed by atoms with van der Waals surface area (Å²) in [5.41, 5.74) is -0.0307. The molecule has 5 fully saturated rings. The second-order valence-electron chi connectivity index (χ2n) is 10.0. The van der Waals surface area contributed by atoms with Gasteiger partial charge >= 0.3 is 0 Å². The average molecular weight is 454 g/mol. The molecular formula is C22H29F2N3O3S. The number of sulfonamides is 1. The molecule has 6 nitrogen and oxygen atoms in total. The lowest BCUT2D eigenvalue weighted by Crippen LogP contribution is -2.61. The highest BCUT2D eigenvalue weighted by Gasteiger charge is 2.51. The predicted molar refractivity (Wildman–Crippen MR) is 111 cm³/mol. The summed E-state index contributed by atoms with van der Waals surface area (Å²) in [6.45, 7) is 1.39. The SMILES string of the molecule is O=C(CN1CCN(S(=O)(=O)c2ccc(F)cc2F)CC1)NC12CC3CC(CC(C3)C1)C2. The van der Waals surface area contributed by atoms with E-state index in [-0.39, 0.29) is 31.1 Å². The maximum absolute atomic E-state index is 14.0. The van der Waals surface area contributed by atoms with Gasteiger partial charge in [0.15, 0.2) is 0 Å². The minimum Gasteiger partial charge on any atom is -0.350 e. The number of amides is 1. The van der Waals surface area contributed by atoms with Gasteiger partial charge in [-0.2, -0.15) is 4.31 Å². The Kier molecular flexibility index (Phi) is 5.34. The van der Waals surface area contributed by atoms with E-state index in [2.05, 4.69) is 5.32 Å². The van der Waals surface area contributed by atoms with Gasteiger partial charge in [-0.15, -0.1) is 0 Å². The summed E-state index contributed by atoms with van der Waals surface area (Å²) >= 11 is 0. The molecule has 1 aliphatic heterocycles. The highest BCUT2D eigenvalue weighted by molar-refractivity contribution is 7.89. The zero-order valence-electron chi connectivity index (χ0n) is 17.5. The summed E-state index contributed by atoms with van der Waals surface area (Å²) in [5.74, 6) is 0.387. The van der Waals surface area contributed by atoms with Crippen LogP contribution in [0.2, 0.25) is 0 Å². The number of halogens is 2. The van der Waals surface area contributed by atoms with Gasteiger partial charge in [-0.3, -0.25) is 9.69 Å². The van der Waals surface area contributed by atoms with Crippen LogP contribution in [0.25, 0.3) is 0 Å². The number of nitrogens with zero attached hydrogens (tertiary/aromatic N) is 2. The molecule has 0 spiro atoms. The third kappa shape index (κ3) is 4.12. The number of hydrogen-bond acceptors (Lipinski definition) is 4. The second kappa shape index (κ2) is 7.78. The monoisotopic (exact) mass is 453 g/mol. The molecule has 1 aromatic rings. The number of benzene rings is 1. The largest absolute Gasteiger partial charge is 0.350 e. The highest BCUT2D eigenvalue weighted by Crippen LogP contribution is 2.55. The zero-order chi connectivity index (χ0) is 21.8. The third-order valence-corrected chi connectivity index (χ3v) is 9.58. The second-order valence-corrected chi connectivity index (χ2v) is 11.9. The Balaban J connectivity index is 1.16. The smallest absolute Gasteiger partial charge is 0.246 e. The van der Waals surface area contributed by atoms with E-state index in [1.807, 2.05) is 4.90 Å². The maximum Gasteiger partial charge on any atom is 0.246 e. The molecule has 1 N–H and O–H groups in total. The summed E-state index contributed by atoms with van der Waals surface area (Å²) in [6, 6.07) is 2.49. The predicted octanol–water partition coefficient (Wildman–Crippen LogP) is 2.36. The first-order chi connectivity index (χ1) is 14.7. The molecule has 1 amide bonds. The molecule has 4 aliphatic carbocycles. The van der Waals surface area contributed by atoms with E-state index in [0.717, 1.165) is 49.1 Å². The van der Waals surface area contributed by atoms with Crippen LogP contribution in [0.5, 0.6) is 0 Å². The average Bonchev–Trinajstić information content (AvgIpc) is 2.66. The number of hydrogen-bond donors (Lipinski definition) is 1. The van der Waals surface area contributed by atoms with Crippen molar-refractivity contribution in [1.82, 2.24) is 14.5 Å². The number of carbonyl (C=O) groups excluding carboxylic acids is 1. The van der Waals surface area contributed by atoms with E-state index >= 15 is 0 Å². The van der Waals surface area contributed by atoms with Gasteiger partial charge in [-0.1, -0.05) is 0 Å². The highest BCUT2D eigenvalue weighted by atomic mass is 32.2. The molecular weight excluding hydrogens is 424 g/mol. The Bertz CT molecular complexity index is 941. The first-order valence-electron chi connectivity index (χ1n) is 11.2. The quantitative estimate of drug-likeness (QED) is 0.743. The molecule has 6 rings (SSSR count). The topological polar surface area (TPSA) is 69.7 Å². The molecule has 0 unspecified atom stereocenters. The molecule has 170 valence electrons. The molecule has 1 heterocycles. The molecule has 5 aliphatic rings. The third-order valence-electron chi connectivity index (χ3n) is 7.65. The van der Waals surface area contributed by atoms with Gasteiger partial charge in [0.1, 0.15) is 16.5 Å². The fourth-order valence-corrected chi connectivity index (χ4v) is 8.22. The fraction of sp³-hybridized carbons (Fsp3) is 0.682. The Labute approximate surface area is 182 Å².